The predicted molar refractivity (Wildman–Crippen MR) is 94.7 cm³/mol. The summed E-state index contributed by atoms with van der Waals surface area (Å²) >= 11 is 5.82. The summed E-state index contributed by atoms with van der Waals surface area (Å²) in [5.74, 6) is -1.40. The van der Waals surface area contributed by atoms with Crippen LogP contribution in [0.4, 0.5) is 10.1 Å². The predicted octanol–water partition coefficient (Wildman–Crippen LogP) is 2.48. The Kier molecular flexibility index (Phi) is 4.59. The van der Waals surface area contributed by atoms with Crippen molar-refractivity contribution in [3.8, 4) is 17.3 Å². The van der Waals surface area contributed by atoms with E-state index in [-0.39, 0.29) is 22.7 Å². The molecule has 1 aromatic heterocycles. The Labute approximate surface area is 150 Å². The second kappa shape index (κ2) is 6.85. The van der Waals surface area contributed by atoms with Gasteiger partial charge in [0.05, 0.1) is 5.69 Å². The second-order valence-electron chi connectivity index (χ2n) is 5.20. The molecule has 0 unspecified atom stereocenters. The van der Waals surface area contributed by atoms with Gasteiger partial charge in [0, 0.05) is 11.2 Å². The van der Waals surface area contributed by atoms with Crippen LogP contribution in [0.1, 0.15) is 5.56 Å². The first kappa shape index (κ1) is 17.4. The monoisotopic (exact) mass is 375 g/mol. The van der Waals surface area contributed by atoms with Gasteiger partial charge in [0.25, 0.3) is 5.56 Å². The van der Waals surface area contributed by atoms with E-state index in [9.17, 15) is 24.2 Å². The maximum atomic E-state index is 13.1. The normalized spacial score (nSPS) is 11.2. The van der Waals surface area contributed by atoms with Crippen molar-refractivity contribution in [2.45, 2.75) is 0 Å². The zero-order valence-corrected chi connectivity index (χ0v) is 13.7. The number of aromatic amines is 1. The fraction of sp³-hybridized carbons (Fsp3) is 0. The van der Waals surface area contributed by atoms with Gasteiger partial charge in [-0.15, -0.1) is 0 Å². The Balaban J connectivity index is 2.14. The number of aromatic nitrogens is 2. The summed E-state index contributed by atoms with van der Waals surface area (Å²) in [4.78, 5) is 30.0. The summed E-state index contributed by atoms with van der Waals surface area (Å²) in [5, 5.41) is 20.4. The van der Waals surface area contributed by atoms with Crippen LogP contribution in [0.2, 0.25) is 5.02 Å². The zero-order valence-electron chi connectivity index (χ0n) is 13.0. The molecular formula is C17H11ClFN3O4. The minimum absolute atomic E-state index is 0.0656. The van der Waals surface area contributed by atoms with Crippen LogP contribution in [-0.2, 0) is 0 Å². The molecule has 0 fully saturated rings. The summed E-state index contributed by atoms with van der Waals surface area (Å²) in [6.45, 7) is 0. The van der Waals surface area contributed by atoms with Gasteiger partial charge in [0.15, 0.2) is 0 Å². The minimum Gasteiger partial charge on any atom is -0.506 e. The highest BCUT2D eigenvalue weighted by Crippen LogP contribution is 2.29. The van der Waals surface area contributed by atoms with Crippen LogP contribution in [0.15, 0.2) is 57.0 Å². The maximum absolute atomic E-state index is 13.1. The SMILES string of the molecule is O=c1[nH]c(=O)n(-c2ccc(F)cc2)c(O)c1C=Nc1cc(Cl)ccc1O. The Morgan fingerprint density at radius 2 is 1.81 bits per heavy atom. The van der Waals surface area contributed by atoms with Gasteiger partial charge in [0.1, 0.15) is 22.8 Å². The van der Waals surface area contributed by atoms with Gasteiger partial charge >= 0.3 is 5.69 Å². The quantitative estimate of drug-likeness (QED) is 0.611. The molecule has 0 amide bonds. The van der Waals surface area contributed by atoms with E-state index >= 15 is 0 Å². The Morgan fingerprint density at radius 1 is 1.12 bits per heavy atom. The lowest BCUT2D eigenvalue weighted by Crippen LogP contribution is -2.31. The first-order valence-corrected chi connectivity index (χ1v) is 7.61. The maximum Gasteiger partial charge on any atom is 0.335 e. The van der Waals surface area contributed by atoms with Gasteiger partial charge in [-0.3, -0.25) is 14.8 Å². The molecule has 7 nitrogen and oxygen atoms in total. The summed E-state index contributed by atoms with van der Waals surface area (Å²) in [6, 6.07) is 8.85. The van der Waals surface area contributed by atoms with Crippen LogP contribution in [-0.4, -0.2) is 26.0 Å². The van der Waals surface area contributed by atoms with Crippen LogP contribution in [0, 0.1) is 5.82 Å². The number of hydrogen-bond acceptors (Lipinski definition) is 5. The van der Waals surface area contributed by atoms with Gasteiger partial charge in [0.2, 0.25) is 5.88 Å². The summed E-state index contributed by atoms with van der Waals surface area (Å²) in [7, 11) is 0. The van der Waals surface area contributed by atoms with Crippen molar-refractivity contribution < 1.29 is 14.6 Å². The Morgan fingerprint density at radius 3 is 2.50 bits per heavy atom. The summed E-state index contributed by atoms with van der Waals surface area (Å²) in [6.07, 6.45) is 0.985. The molecule has 0 radical (unpaired) electrons. The number of hydrogen-bond donors (Lipinski definition) is 3. The number of H-pyrrole nitrogens is 1. The molecule has 0 atom stereocenters. The highest BCUT2D eigenvalue weighted by atomic mass is 35.5. The van der Waals surface area contributed by atoms with Gasteiger partial charge in [-0.2, -0.15) is 0 Å². The zero-order chi connectivity index (χ0) is 18.8. The molecule has 9 heteroatoms. The van der Waals surface area contributed by atoms with E-state index in [0.717, 1.165) is 22.9 Å². The Bertz CT molecular complexity index is 1120. The smallest absolute Gasteiger partial charge is 0.335 e. The van der Waals surface area contributed by atoms with Crippen molar-refractivity contribution in [1.82, 2.24) is 9.55 Å². The lowest BCUT2D eigenvalue weighted by Gasteiger charge is -2.09. The molecule has 0 aliphatic carbocycles. The van der Waals surface area contributed by atoms with E-state index in [1.54, 1.807) is 0 Å². The number of aromatic hydroxyl groups is 2. The van der Waals surface area contributed by atoms with Gasteiger partial charge in [-0.25, -0.2) is 13.8 Å². The summed E-state index contributed by atoms with van der Waals surface area (Å²) in [5.41, 5.74) is -1.90. The first-order valence-electron chi connectivity index (χ1n) is 7.23. The number of benzene rings is 2. The van der Waals surface area contributed by atoms with Crippen LogP contribution in [0.3, 0.4) is 0 Å². The van der Waals surface area contributed by atoms with Gasteiger partial charge < -0.3 is 10.2 Å². The van der Waals surface area contributed by atoms with Crippen molar-refractivity contribution in [1.29, 1.82) is 0 Å². The molecule has 0 spiro atoms. The molecule has 0 aliphatic rings. The molecule has 26 heavy (non-hydrogen) atoms. The van der Waals surface area contributed by atoms with E-state index in [1.807, 2.05) is 4.98 Å². The number of halogens is 2. The molecule has 0 saturated carbocycles. The fourth-order valence-corrected chi connectivity index (χ4v) is 2.39. The number of nitrogens with zero attached hydrogens (tertiary/aromatic N) is 2. The number of nitrogens with one attached hydrogen (secondary N) is 1. The first-order chi connectivity index (χ1) is 12.4. The molecule has 132 valence electrons. The molecule has 0 saturated heterocycles. The standard InChI is InChI=1S/C17H11ClFN3O4/c18-9-1-6-14(23)13(7-9)20-8-12-15(24)21-17(26)22(16(12)25)11-4-2-10(19)3-5-11/h1-8,23,25H,(H,21,24,26). The number of rotatable bonds is 3. The van der Waals surface area contributed by atoms with Crippen LogP contribution in [0.5, 0.6) is 11.6 Å². The third-order valence-corrected chi connectivity index (χ3v) is 3.71. The molecule has 3 N–H and O–H groups in total. The lowest BCUT2D eigenvalue weighted by molar-refractivity contribution is 0.430. The van der Waals surface area contributed by atoms with Crippen LogP contribution in [0.25, 0.3) is 5.69 Å². The number of phenols is 1. The van der Waals surface area contributed by atoms with Crippen molar-refractivity contribution in [2.24, 2.45) is 4.99 Å². The minimum atomic E-state index is -0.901. The topological polar surface area (TPSA) is 108 Å². The summed E-state index contributed by atoms with van der Waals surface area (Å²) < 4.78 is 13.9. The molecule has 3 rings (SSSR count). The number of phenolic OH excluding ortho intramolecular Hbond substituents is 1. The van der Waals surface area contributed by atoms with Crippen molar-refractivity contribution in [3.05, 3.63) is 79.7 Å². The van der Waals surface area contributed by atoms with E-state index in [0.29, 0.717) is 5.02 Å². The fourth-order valence-electron chi connectivity index (χ4n) is 2.22. The Hall–Kier alpha value is -3.39. The third-order valence-electron chi connectivity index (χ3n) is 3.48. The van der Waals surface area contributed by atoms with Gasteiger partial charge in [-0.05, 0) is 42.5 Å². The number of aliphatic imine (C=N–C) groups is 1. The van der Waals surface area contributed by atoms with Gasteiger partial charge in [-0.1, -0.05) is 11.6 Å². The third kappa shape index (κ3) is 3.35. The second-order valence-corrected chi connectivity index (χ2v) is 5.64. The van der Waals surface area contributed by atoms with Crippen LogP contribution >= 0.6 is 11.6 Å². The van der Waals surface area contributed by atoms with E-state index < -0.39 is 22.9 Å². The van der Waals surface area contributed by atoms with E-state index in [2.05, 4.69) is 4.99 Å². The molecule has 0 aliphatic heterocycles. The highest BCUT2D eigenvalue weighted by molar-refractivity contribution is 6.30. The lowest BCUT2D eigenvalue weighted by atomic mass is 10.2. The average Bonchev–Trinajstić information content (AvgIpc) is 2.59. The molecule has 2 aromatic carbocycles. The molecule has 1 heterocycles. The van der Waals surface area contributed by atoms with E-state index in [4.69, 9.17) is 11.6 Å². The van der Waals surface area contributed by atoms with Crippen molar-refractivity contribution >= 4 is 23.5 Å². The highest BCUT2D eigenvalue weighted by Gasteiger charge is 2.14. The van der Waals surface area contributed by atoms with Crippen molar-refractivity contribution in [3.63, 3.8) is 0 Å². The largest absolute Gasteiger partial charge is 0.506 e. The average molecular weight is 376 g/mol. The molecule has 3 aromatic rings. The van der Waals surface area contributed by atoms with Crippen LogP contribution < -0.4 is 11.2 Å². The van der Waals surface area contributed by atoms with Crippen molar-refractivity contribution in [2.75, 3.05) is 0 Å². The molecule has 0 bridgehead atoms. The molecular weight excluding hydrogens is 365 g/mol. The van der Waals surface area contributed by atoms with E-state index in [1.165, 1.54) is 30.3 Å².